The lowest BCUT2D eigenvalue weighted by Gasteiger charge is -2.07. The fourth-order valence-electron chi connectivity index (χ4n) is 0.374. The van der Waals surface area contributed by atoms with Crippen LogP contribution in [0.25, 0.3) is 0 Å². The van der Waals surface area contributed by atoms with E-state index in [2.05, 4.69) is 4.74 Å². The van der Waals surface area contributed by atoms with Crippen LogP contribution in [-0.2, 0) is 14.3 Å². The van der Waals surface area contributed by atoms with Gasteiger partial charge in [-0.25, -0.2) is 9.59 Å². The average molecular weight is 164 g/mol. The second-order valence-corrected chi connectivity index (χ2v) is 1.71. The van der Waals surface area contributed by atoms with Crippen LogP contribution in [0, 0.1) is 0 Å². The first-order chi connectivity index (χ1) is 5.07. The molecule has 0 fully saturated rings. The highest BCUT2D eigenvalue weighted by atomic mass is 16.5. The van der Waals surface area contributed by atoms with E-state index in [1.165, 1.54) is 0 Å². The van der Waals surface area contributed by atoms with Crippen molar-refractivity contribution in [2.24, 2.45) is 0 Å². The number of carbonyl (C=O) groups is 2. The van der Waals surface area contributed by atoms with Crippen LogP contribution in [0.3, 0.4) is 0 Å². The number of carboxylic acid groups (broad SMARTS) is 2. The number of carboxylic acids is 2. The Kier molecular flexibility index (Phi) is 4.16. The van der Waals surface area contributed by atoms with Crippen molar-refractivity contribution < 1.29 is 29.6 Å². The Labute approximate surface area is 62.0 Å². The van der Waals surface area contributed by atoms with E-state index in [0.29, 0.717) is 0 Å². The van der Waals surface area contributed by atoms with Crippen molar-refractivity contribution in [2.75, 3.05) is 13.2 Å². The topological polar surface area (TPSA) is 104 Å². The third-order valence-electron chi connectivity index (χ3n) is 0.849. The summed E-state index contributed by atoms with van der Waals surface area (Å²) in [5.41, 5.74) is 0. The lowest BCUT2D eigenvalue weighted by Crippen LogP contribution is -2.29. The Morgan fingerprint density at radius 3 is 2.18 bits per heavy atom. The van der Waals surface area contributed by atoms with E-state index in [-0.39, 0.29) is 0 Å². The summed E-state index contributed by atoms with van der Waals surface area (Å²) in [6.07, 6.45) is -1.45. The minimum Gasteiger partial charge on any atom is -0.480 e. The zero-order valence-electron chi connectivity index (χ0n) is 5.56. The van der Waals surface area contributed by atoms with Crippen LogP contribution in [-0.4, -0.2) is 46.6 Å². The van der Waals surface area contributed by atoms with Crippen molar-refractivity contribution in [1.82, 2.24) is 0 Å². The van der Waals surface area contributed by atoms with Gasteiger partial charge in [-0.05, 0) is 0 Å². The first kappa shape index (κ1) is 9.86. The molecule has 0 bridgehead atoms. The van der Waals surface area contributed by atoms with Gasteiger partial charge in [-0.3, -0.25) is 0 Å². The number of hydrogen-bond acceptors (Lipinski definition) is 4. The van der Waals surface area contributed by atoms with E-state index < -0.39 is 31.3 Å². The Bertz CT molecular complexity index is 153. The van der Waals surface area contributed by atoms with Crippen LogP contribution < -0.4 is 0 Å². The minimum absolute atomic E-state index is 0.725. The van der Waals surface area contributed by atoms with Gasteiger partial charge in [-0.1, -0.05) is 0 Å². The first-order valence-electron chi connectivity index (χ1n) is 2.75. The third-order valence-corrected chi connectivity index (χ3v) is 0.849. The van der Waals surface area contributed by atoms with Gasteiger partial charge in [0.1, 0.15) is 6.61 Å². The lowest BCUT2D eigenvalue weighted by atomic mass is 10.4. The first-order valence-corrected chi connectivity index (χ1v) is 2.75. The van der Waals surface area contributed by atoms with Crippen molar-refractivity contribution in [3.05, 3.63) is 0 Å². The zero-order chi connectivity index (χ0) is 8.85. The number of aliphatic hydroxyl groups excluding tert-OH is 1. The Hall–Kier alpha value is -1.14. The lowest BCUT2D eigenvalue weighted by molar-refractivity contribution is -0.158. The second-order valence-electron chi connectivity index (χ2n) is 1.71. The summed E-state index contributed by atoms with van der Waals surface area (Å²) < 4.78 is 4.27. The monoisotopic (exact) mass is 164 g/mol. The molecule has 0 radical (unpaired) electrons. The average Bonchev–Trinajstić information content (AvgIpc) is 1.87. The number of hydrogen-bond donors (Lipinski definition) is 3. The predicted molar refractivity (Wildman–Crippen MR) is 32.1 cm³/mol. The van der Waals surface area contributed by atoms with Gasteiger partial charge in [-0.15, -0.1) is 0 Å². The summed E-state index contributed by atoms with van der Waals surface area (Å²) in [7, 11) is 0. The summed E-state index contributed by atoms with van der Waals surface area (Å²) in [5.74, 6) is -2.65. The maximum Gasteiger partial charge on any atom is 0.335 e. The van der Waals surface area contributed by atoms with Gasteiger partial charge in [0, 0.05) is 0 Å². The fourth-order valence-corrected chi connectivity index (χ4v) is 0.374. The number of aliphatic hydroxyl groups is 1. The van der Waals surface area contributed by atoms with Crippen molar-refractivity contribution in [1.29, 1.82) is 0 Å². The molecule has 0 aromatic carbocycles. The van der Waals surface area contributed by atoms with Gasteiger partial charge in [0.15, 0.2) is 6.10 Å². The molecule has 0 aromatic heterocycles. The highest BCUT2D eigenvalue weighted by Crippen LogP contribution is 1.90. The van der Waals surface area contributed by atoms with E-state index in [4.69, 9.17) is 15.3 Å². The van der Waals surface area contributed by atoms with Gasteiger partial charge >= 0.3 is 11.9 Å². The van der Waals surface area contributed by atoms with Gasteiger partial charge in [0.2, 0.25) is 0 Å². The largest absolute Gasteiger partial charge is 0.480 e. The van der Waals surface area contributed by atoms with E-state index >= 15 is 0 Å². The van der Waals surface area contributed by atoms with E-state index in [9.17, 15) is 9.59 Å². The molecule has 0 saturated heterocycles. The molecule has 0 aromatic rings. The van der Waals surface area contributed by atoms with Crippen molar-refractivity contribution in [2.45, 2.75) is 6.10 Å². The molecule has 0 saturated carbocycles. The van der Waals surface area contributed by atoms with Crippen molar-refractivity contribution in [3.63, 3.8) is 0 Å². The molecule has 11 heavy (non-hydrogen) atoms. The molecular formula is C5H8O6. The highest BCUT2D eigenvalue weighted by molar-refractivity contribution is 5.73. The standard InChI is InChI=1S/C5H8O6/c6-1-3(5(9)10)11-2-4(7)8/h3,6H,1-2H2,(H,7,8)(H,9,10)/t3-/m1/s1. The Morgan fingerprint density at radius 2 is 1.91 bits per heavy atom. The van der Waals surface area contributed by atoms with Crippen LogP contribution in [0.5, 0.6) is 0 Å². The molecule has 0 amide bonds. The van der Waals surface area contributed by atoms with E-state index in [1.54, 1.807) is 0 Å². The van der Waals surface area contributed by atoms with Crippen LogP contribution in [0.4, 0.5) is 0 Å². The van der Waals surface area contributed by atoms with Gasteiger partial charge in [0.25, 0.3) is 0 Å². The van der Waals surface area contributed by atoms with E-state index in [0.717, 1.165) is 0 Å². The quantitative estimate of drug-likeness (QED) is 0.458. The summed E-state index contributed by atoms with van der Waals surface area (Å²) in [5, 5.41) is 24.6. The summed E-state index contributed by atoms with van der Waals surface area (Å²) in [6, 6.07) is 0. The minimum atomic E-state index is -1.45. The van der Waals surface area contributed by atoms with Crippen LogP contribution in [0.15, 0.2) is 0 Å². The molecule has 0 aliphatic rings. The van der Waals surface area contributed by atoms with Gasteiger partial charge in [-0.2, -0.15) is 0 Å². The van der Waals surface area contributed by atoms with Crippen LogP contribution in [0.1, 0.15) is 0 Å². The molecule has 3 N–H and O–H groups in total. The number of ether oxygens (including phenoxy) is 1. The Balaban J connectivity index is 3.70. The maximum atomic E-state index is 10.1. The molecular weight excluding hydrogens is 156 g/mol. The number of rotatable bonds is 5. The van der Waals surface area contributed by atoms with Gasteiger partial charge in [0.05, 0.1) is 6.61 Å². The third kappa shape index (κ3) is 4.29. The maximum absolute atomic E-state index is 10.1. The second kappa shape index (κ2) is 4.64. The Morgan fingerprint density at radius 1 is 1.36 bits per heavy atom. The molecule has 0 heterocycles. The molecule has 0 aliphatic carbocycles. The normalized spacial score (nSPS) is 12.5. The van der Waals surface area contributed by atoms with Crippen molar-refractivity contribution >= 4 is 11.9 Å². The molecule has 0 aliphatic heterocycles. The van der Waals surface area contributed by atoms with Crippen LogP contribution >= 0.6 is 0 Å². The zero-order valence-corrected chi connectivity index (χ0v) is 5.56. The molecule has 0 unspecified atom stereocenters. The summed E-state index contributed by atoms with van der Waals surface area (Å²) in [4.78, 5) is 19.9. The molecule has 64 valence electrons. The highest BCUT2D eigenvalue weighted by Gasteiger charge is 2.17. The number of aliphatic carboxylic acids is 2. The van der Waals surface area contributed by atoms with Crippen molar-refractivity contribution in [3.8, 4) is 0 Å². The molecule has 0 spiro atoms. The van der Waals surface area contributed by atoms with Crippen LogP contribution in [0.2, 0.25) is 0 Å². The summed E-state index contributed by atoms with van der Waals surface area (Å²) in [6.45, 7) is -1.46. The van der Waals surface area contributed by atoms with E-state index in [1.807, 2.05) is 0 Å². The summed E-state index contributed by atoms with van der Waals surface area (Å²) >= 11 is 0. The van der Waals surface area contributed by atoms with Gasteiger partial charge < -0.3 is 20.1 Å². The predicted octanol–water partition coefficient (Wildman–Crippen LogP) is -1.47. The SMILES string of the molecule is O=C(O)CO[C@H](CO)C(=O)O. The molecule has 1 atom stereocenters. The molecule has 6 nitrogen and oxygen atoms in total. The smallest absolute Gasteiger partial charge is 0.335 e. The molecule has 6 heteroatoms. The fraction of sp³-hybridized carbons (Fsp3) is 0.600. The molecule has 0 rings (SSSR count).